The molecule has 3 atom stereocenters. The second kappa shape index (κ2) is 6.97. The SMILES string of the molecule is CN=C(NCc1ccccc1)NC1C2CCOC2C12CCC2.I. The van der Waals surface area contributed by atoms with Gasteiger partial charge in [0.2, 0.25) is 0 Å². The van der Waals surface area contributed by atoms with Gasteiger partial charge in [0.1, 0.15) is 0 Å². The molecule has 1 aromatic carbocycles. The molecule has 1 aliphatic heterocycles. The third-order valence-corrected chi connectivity index (χ3v) is 5.85. The van der Waals surface area contributed by atoms with Crippen molar-refractivity contribution in [3.05, 3.63) is 35.9 Å². The van der Waals surface area contributed by atoms with E-state index in [1.165, 1.54) is 31.2 Å². The van der Waals surface area contributed by atoms with Crippen LogP contribution in [0.2, 0.25) is 0 Å². The molecule has 0 amide bonds. The van der Waals surface area contributed by atoms with Crippen LogP contribution in [0.15, 0.2) is 35.3 Å². The highest BCUT2D eigenvalue weighted by Crippen LogP contribution is 2.62. The monoisotopic (exact) mass is 427 g/mol. The number of aliphatic imine (C=N–C) groups is 1. The number of halogens is 1. The third-order valence-electron chi connectivity index (χ3n) is 5.85. The van der Waals surface area contributed by atoms with Gasteiger partial charge >= 0.3 is 0 Å². The zero-order valence-corrected chi connectivity index (χ0v) is 16.0. The standard InChI is InChI=1S/C18H25N3O.HI/c1-19-17(20-12-13-6-3-2-4-7-13)21-15-14-8-11-22-16(14)18(15)9-5-10-18;/h2-4,6-7,14-16H,5,8-12H2,1H3,(H2,19,20,21);1H. The zero-order chi connectivity index (χ0) is 15.0. The number of nitrogens with one attached hydrogen (secondary N) is 2. The molecule has 2 saturated carbocycles. The van der Waals surface area contributed by atoms with Gasteiger partial charge in [-0.3, -0.25) is 4.99 Å². The van der Waals surface area contributed by atoms with E-state index in [0.717, 1.165) is 19.1 Å². The summed E-state index contributed by atoms with van der Waals surface area (Å²) < 4.78 is 5.98. The first-order chi connectivity index (χ1) is 10.8. The van der Waals surface area contributed by atoms with Crippen LogP contribution in [0.1, 0.15) is 31.2 Å². The van der Waals surface area contributed by atoms with Crippen LogP contribution in [0.5, 0.6) is 0 Å². The Bertz CT molecular complexity index is 559. The molecule has 4 nitrogen and oxygen atoms in total. The fourth-order valence-corrected chi connectivity index (χ4v) is 4.58. The van der Waals surface area contributed by atoms with Crippen LogP contribution < -0.4 is 10.6 Å². The van der Waals surface area contributed by atoms with E-state index in [4.69, 9.17) is 4.74 Å². The Hall–Kier alpha value is -0.820. The van der Waals surface area contributed by atoms with Crippen molar-refractivity contribution < 1.29 is 4.74 Å². The van der Waals surface area contributed by atoms with Crippen LogP contribution in [0, 0.1) is 11.3 Å². The smallest absolute Gasteiger partial charge is 0.191 e. The van der Waals surface area contributed by atoms with Crippen molar-refractivity contribution in [2.24, 2.45) is 16.3 Å². The van der Waals surface area contributed by atoms with Crippen LogP contribution in [0.25, 0.3) is 0 Å². The molecule has 2 aliphatic carbocycles. The molecule has 0 aromatic heterocycles. The van der Waals surface area contributed by atoms with Gasteiger partial charge in [-0.2, -0.15) is 0 Å². The number of hydrogen-bond acceptors (Lipinski definition) is 2. The largest absolute Gasteiger partial charge is 0.377 e. The van der Waals surface area contributed by atoms with E-state index in [1.54, 1.807) is 0 Å². The Morgan fingerprint density at radius 1 is 1.30 bits per heavy atom. The second-order valence-corrected chi connectivity index (χ2v) is 6.86. The molecule has 0 radical (unpaired) electrons. The van der Waals surface area contributed by atoms with E-state index >= 15 is 0 Å². The van der Waals surface area contributed by atoms with Crippen molar-refractivity contribution in [3.8, 4) is 0 Å². The van der Waals surface area contributed by atoms with Crippen molar-refractivity contribution in [1.82, 2.24) is 10.6 Å². The Labute approximate surface area is 155 Å². The summed E-state index contributed by atoms with van der Waals surface area (Å²) in [6.07, 6.45) is 5.66. The van der Waals surface area contributed by atoms with E-state index in [1.807, 2.05) is 13.1 Å². The van der Waals surface area contributed by atoms with E-state index < -0.39 is 0 Å². The molecular weight excluding hydrogens is 401 g/mol. The lowest BCUT2D eigenvalue weighted by atomic mass is 9.46. The number of fused-ring (bicyclic) bond motifs is 2. The average molecular weight is 427 g/mol. The summed E-state index contributed by atoms with van der Waals surface area (Å²) >= 11 is 0. The average Bonchev–Trinajstić information content (AvgIpc) is 2.92. The molecule has 5 heteroatoms. The normalized spacial score (nSPS) is 30.7. The molecule has 23 heavy (non-hydrogen) atoms. The van der Waals surface area contributed by atoms with Crippen LogP contribution >= 0.6 is 24.0 Å². The fourth-order valence-electron chi connectivity index (χ4n) is 4.58. The molecule has 4 rings (SSSR count). The van der Waals surface area contributed by atoms with Crippen LogP contribution in [0.3, 0.4) is 0 Å². The third kappa shape index (κ3) is 2.86. The van der Waals surface area contributed by atoms with Gasteiger partial charge < -0.3 is 15.4 Å². The van der Waals surface area contributed by atoms with Crippen molar-refractivity contribution in [2.75, 3.05) is 13.7 Å². The maximum Gasteiger partial charge on any atom is 0.191 e. The van der Waals surface area contributed by atoms with Crippen LogP contribution in [-0.4, -0.2) is 31.8 Å². The number of nitrogens with zero attached hydrogens (tertiary/aromatic N) is 1. The van der Waals surface area contributed by atoms with Crippen molar-refractivity contribution in [2.45, 2.75) is 44.4 Å². The summed E-state index contributed by atoms with van der Waals surface area (Å²) in [5.74, 6) is 1.60. The Kier molecular flexibility index (Phi) is 5.16. The quantitative estimate of drug-likeness (QED) is 0.443. The molecule has 3 unspecified atom stereocenters. The minimum Gasteiger partial charge on any atom is -0.377 e. The summed E-state index contributed by atoms with van der Waals surface area (Å²) in [4.78, 5) is 4.42. The molecule has 1 saturated heterocycles. The maximum absolute atomic E-state index is 5.98. The lowest BCUT2D eigenvalue weighted by molar-refractivity contribution is -0.171. The van der Waals surface area contributed by atoms with E-state index in [-0.39, 0.29) is 24.0 Å². The highest BCUT2D eigenvalue weighted by atomic mass is 127. The Morgan fingerprint density at radius 3 is 2.74 bits per heavy atom. The van der Waals surface area contributed by atoms with Gasteiger partial charge in [0, 0.05) is 37.6 Å². The first-order valence-electron chi connectivity index (χ1n) is 8.46. The summed E-state index contributed by atoms with van der Waals surface area (Å²) in [6, 6.07) is 11.0. The summed E-state index contributed by atoms with van der Waals surface area (Å²) in [7, 11) is 1.86. The fraction of sp³-hybridized carbons (Fsp3) is 0.611. The highest BCUT2D eigenvalue weighted by Gasteiger charge is 2.66. The summed E-state index contributed by atoms with van der Waals surface area (Å²) in [5.41, 5.74) is 1.67. The molecule has 3 aliphatic rings. The van der Waals surface area contributed by atoms with Gasteiger partial charge in [-0.25, -0.2) is 0 Å². The summed E-state index contributed by atoms with van der Waals surface area (Å²) in [5, 5.41) is 7.15. The van der Waals surface area contributed by atoms with E-state index in [9.17, 15) is 0 Å². The molecule has 126 valence electrons. The van der Waals surface area contributed by atoms with Gasteiger partial charge in [-0.05, 0) is 24.8 Å². The first kappa shape index (κ1) is 17.0. The topological polar surface area (TPSA) is 45.7 Å². The van der Waals surface area contributed by atoms with Gasteiger partial charge in [0.25, 0.3) is 0 Å². The number of benzene rings is 1. The number of ether oxygens (including phenoxy) is 1. The Balaban J connectivity index is 0.00000156. The maximum atomic E-state index is 5.98. The Morgan fingerprint density at radius 2 is 2.09 bits per heavy atom. The van der Waals surface area contributed by atoms with E-state index in [0.29, 0.717) is 23.5 Å². The number of rotatable bonds is 3. The predicted molar refractivity (Wildman–Crippen MR) is 103 cm³/mol. The second-order valence-electron chi connectivity index (χ2n) is 6.86. The molecular formula is C18H26IN3O. The lowest BCUT2D eigenvalue weighted by Crippen LogP contribution is -2.72. The van der Waals surface area contributed by atoms with Crippen molar-refractivity contribution >= 4 is 29.9 Å². The predicted octanol–water partition coefficient (Wildman–Crippen LogP) is 2.93. The summed E-state index contributed by atoms with van der Waals surface area (Å²) in [6.45, 7) is 1.75. The lowest BCUT2D eigenvalue weighted by Gasteiger charge is -2.63. The molecule has 3 fully saturated rings. The van der Waals surface area contributed by atoms with Gasteiger partial charge in [-0.15, -0.1) is 24.0 Å². The minimum absolute atomic E-state index is 0. The van der Waals surface area contributed by atoms with Gasteiger partial charge in [0.15, 0.2) is 5.96 Å². The first-order valence-corrected chi connectivity index (χ1v) is 8.46. The number of guanidine groups is 1. The van der Waals surface area contributed by atoms with E-state index in [2.05, 4.69) is 39.9 Å². The van der Waals surface area contributed by atoms with Crippen molar-refractivity contribution in [3.63, 3.8) is 0 Å². The highest BCUT2D eigenvalue weighted by molar-refractivity contribution is 14.0. The van der Waals surface area contributed by atoms with Crippen molar-refractivity contribution in [1.29, 1.82) is 0 Å². The zero-order valence-electron chi connectivity index (χ0n) is 13.6. The molecule has 1 heterocycles. The van der Waals surface area contributed by atoms with Gasteiger partial charge in [0.05, 0.1) is 6.10 Å². The van der Waals surface area contributed by atoms with Crippen LogP contribution in [0.4, 0.5) is 0 Å². The van der Waals surface area contributed by atoms with Crippen LogP contribution in [-0.2, 0) is 11.3 Å². The molecule has 2 N–H and O–H groups in total. The molecule has 1 spiro atoms. The van der Waals surface area contributed by atoms with Gasteiger partial charge in [-0.1, -0.05) is 36.8 Å². The molecule has 1 aromatic rings. The number of hydrogen-bond donors (Lipinski definition) is 2. The minimum atomic E-state index is 0. The molecule has 0 bridgehead atoms.